The molecule has 0 N–H and O–H groups in total. The van der Waals surface area contributed by atoms with Crippen molar-refractivity contribution in [2.75, 3.05) is 34.7 Å². The van der Waals surface area contributed by atoms with Crippen molar-refractivity contribution in [3.63, 3.8) is 0 Å². The lowest BCUT2D eigenvalue weighted by Gasteiger charge is -2.21. The number of nitrogens with zero attached hydrogens (tertiary/aromatic N) is 3. The third-order valence-electron chi connectivity index (χ3n) is 4.84. The van der Waals surface area contributed by atoms with Crippen LogP contribution in [0.5, 0.6) is 23.0 Å². The molecule has 3 aromatic rings. The zero-order valence-electron chi connectivity index (χ0n) is 18.3. The number of hydrogen-bond acceptors (Lipinski definition) is 7. The van der Waals surface area contributed by atoms with Gasteiger partial charge in [-0.25, -0.2) is 0 Å². The summed E-state index contributed by atoms with van der Waals surface area (Å²) in [6.07, 6.45) is 1.97. The third kappa shape index (κ3) is 3.79. The van der Waals surface area contributed by atoms with E-state index in [4.69, 9.17) is 18.9 Å². The van der Waals surface area contributed by atoms with E-state index in [1.807, 2.05) is 41.2 Å². The quantitative estimate of drug-likeness (QED) is 0.476. The van der Waals surface area contributed by atoms with Crippen LogP contribution in [0.4, 0.5) is 0 Å². The average Bonchev–Trinajstić information content (AvgIpc) is 3.21. The van der Waals surface area contributed by atoms with Crippen molar-refractivity contribution in [2.45, 2.75) is 24.9 Å². The molecule has 8 heteroatoms. The van der Waals surface area contributed by atoms with E-state index < -0.39 is 0 Å². The molecule has 0 radical (unpaired) electrons. The highest BCUT2D eigenvalue weighted by atomic mass is 32.2. The van der Waals surface area contributed by atoms with Crippen molar-refractivity contribution in [2.24, 2.45) is 0 Å². The van der Waals surface area contributed by atoms with Crippen molar-refractivity contribution in [1.29, 1.82) is 0 Å². The molecule has 0 spiro atoms. The Hall–Kier alpha value is -2.87. The molecule has 30 heavy (non-hydrogen) atoms. The number of methoxy groups -OCH3 is 4. The maximum atomic E-state index is 5.76. The van der Waals surface area contributed by atoms with Gasteiger partial charge in [0.05, 0.1) is 39.7 Å². The second kappa shape index (κ2) is 9.30. The minimum absolute atomic E-state index is 0.205. The molecule has 0 amide bonds. The first kappa shape index (κ1) is 21.8. The summed E-state index contributed by atoms with van der Waals surface area (Å²) in [5.74, 6) is 3.39. The van der Waals surface area contributed by atoms with Crippen LogP contribution in [0, 0.1) is 0 Å². The van der Waals surface area contributed by atoms with E-state index in [2.05, 4.69) is 24.0 Å². The van der Waals surface area contributed by atoms with Crippen molar-refractivity contribution in [3.05, 3.63) is 35.9 Å². The number of aromatic nitrogens is 3. The van der Waals surface area contributed by atoms with Gasteiger partial charge in [-0.1, -0.05) is 25.6 Å². The van der Waals surface area contributed by atoms with Crippen molar-refractivity contribution >= 4 is 11.8 Å². The van der Waals surface area contributed by atoms with E-state index in [9.17, 15) is 0 Å². The average molecular weight is 430 g/mol. The summed E-state index contributed by atoms with van der Waals surface area (Å²) in [7, 11) is 6.50. The van der Waals surface area contributed by atoms with Gasteiger partial charge in [-0.2, -0.15) is 0 Å². The van der Waals surface area contributed by atoms with Gasteiger partial charge in [-0.15, -0.1) is 10.2 Å². The van der Waals surface area contributed by atoms with Gasteiger partial charge in [0.2, 0.25) is 5.75 Å². The molecular formula is C22H27N3O4S. The summed E-state index contributed by atoms with van der Waals surface area (Å²) in [6.45, 7) is 4.21. The Morgan fingerprint density at radius 2 is 1.47 bits per heavy atom. The number of ether oxygens (including phenoxy) is 4. The van der Waals surface area contributed by atoms with E-state index in [1.54, 1.807) is 28.4 Å². The topological polar surface area (TPSA) is 67.6 Å². The number of hydrogen-bond donors (Lipinski definition) is 0. The molecule has 0 fully saturated rings. The summed E-state index contributed by atoms with van der Waals surface area (Å²) in [5.41, 5.74) is 2.70. The highest BCUT2D eigenvalue weighted by Crippen LogP contribution is 2.48. The molecule has 3 rings (SSSR count). The molecular weight excluding hydrogens is 402 g/mol. The smallest absolute Gasteiger partial charge is 0.204 e. The Bertz CT molecular complexity index is 1020. The first-order valence-corrected chi connectivity index (χ1v) is 10.7. The van der Waals surface area contributed by atoms with Gasteiger partial charge in [0.15, 0.2) is 22.5 Å². The van der Waals surface area contributed by atoms with Crippen LogP contribution in [0.2, 0.25) is 0 Å². The molecule has 0 aliphatic rings. The summed E-state index contributed by atoms with van der Waals surface area (Å²) >= 11 is 1.52. The zero-order valence-corrected chi connectivity index (χ0v) is 19.2. The fourth-order valence-corrected chi connectivity index (χ4v) is 3.87. The molecule has 0 saturated carbocycles. The molecule has 1 aromatic heterocycles. The van der Waals surface area contributed by atoms with E-state index >= 15 is 0 Å². The van der Waals surface area contributed by atoms with E-state index in [-0.39, 0.29) is 5.92 Å². The summed E-state index contributed by atoms with van der Waals surface area (Å²) < 4.78 is 24.4. The van der Waals surface area contributed by atoms with Crippen LogP contribution in [0.3, 0.4) is 0 Å². The highest BCUT2D eigenvalue weighted by molar-refractivity contribution is 7.98. The van der Waals surface area contributed by atoms with E-state index in [0.717, 1.165) is 27.7 Å². The Labute approximate surface area is 181 Å². The van der Waals surface area contributed by atoms with Gasteiger partial charge in [0.25, 0.3) is 0 Å². The third-order valence-corrected chi connectivity index (χ3v) is 5.47. The Morgan fingerprint density at radius 1 is 0.833 bits per heavy atom. The molecule has 7 nitrogen and oxygen atoms in total. The minimum Gasteiger partial charge on any atom is -0.497 e. The van der Waals surface area contributed by atoms with Gasteiger partial charge >= 0.3 is 0 Å². The molecule has 1 heterocycles. The lowest BCUT2D eigenvalue weighted by molar-refractivity contribution is 0.322. The fourth-order valence-electron chi connectivity index (χ4n) is 3.38. The van der Waals surface area contributed by atoms with Crippen LogP contribution in [0.1, 0.15) is 25.3 Å². The van der Waals surface area contributed by atoms with Crippen molar-refractivity contribution < 1.29 is 18.9 Å². The molecule has 0 aliphatic carbocycles. The SMILES string of the molecule is COc1ccc(-n2c(SC)nnc2-c2cc(C(C)C)c(OC)c(OC)c2OC)cc1. The normalized spacial score (nSPS) is 10.9. The minimum atomic E-state index is 0.205. The molecule has 2 aromatic carbocycles. The van der Waals surface area contributed by atoms with E-state index in [1.165, 1.54) is 11.8 Å². The lowest BCUT2D eigenvalue weighted by Crippen LogP contribution is -2.05. The summed E-state index contributed by atoms with van der Waals surface area (Å²) in [5, 5.41) is 9.66. The second-order valence-electron chi connectivity index (χ2n) is 6.81. The number of benzene rings is 2. The van der Waals surface area contributed by atoms with Crippen LogP contribution >= 0.6 is 11.8 Å². The van der Waals surface area contributed by atoms with Gasteiger partial charge in [-0.05, 0) is 42.5 Å². The first-order valence-electron chi connectivity index (χ1n) is 9.47. The first-order chi connectivity index (χ1) is 14.5. The van der Waals surface area contributed by atoms with Crippen molar-refractivity contribution in [3.8, 4) is 40.1 Å². The van der Waals surface area contributed by atoms with Crippen LogP contribution in [-0.2, 0) is 0 Å². The van der Waals surface area contributed by atoms with Gasteiger partial charge in [0, 0.05) is 5.56 Å². The summed E-state index contributed by atoms with van der Waals surface area (Å²) in [6, 6.07) is 9.81. The molecule has 160 valence electrons. The largest absolute Gasteiger partial charge is 0.497 e. The molecule has 0 unspecified atom stereocenters. The van der Waals surface area contributed by atoms with Crippen LogP contribution in [-0.4, -0.2) is 49.5 Å². The molecule has 0 saturated heterocycles. The molecule has 0 atom stereocenters. The van der Waals surface area contributed by atoms with Gasteiger partial charge in [-0.3, -0.25) is 4.57 Å². The van der Waals surface area contributed by atoms with Crippen molar-refractivity contribution in [1.82, 2.24) is 14.8 Å². The van der Waals surface area contributed by atoms with Gasteiger partial charge in [0.1, 0.15) is 5.75 Å². The highest BCUT2D eigenvalue weighted by Gasteiger charge is 2.27. The van der Waals surface area contributed by atoms with Gasteiger partial charge < -0.3 is 18.9 Å². The zero-order chi connectivity index (χ0) is 21.8. The van der Waals surface area contributed by atoms with Crippen LogP contribution in [0.25, 0.3) is 17.1 Å². The summed E-state index contributed by atoms with van der Waals surface area (Å²) in [4.78, 5) is 0. The van der Waals surface area contributed by atoms with E-state index in [0.29, 0.717) is 23.1 Å². The fraction of sp³-hybridized carbons (Fsp3) is 0.364. The second-order valence-corrected chi connectivity index (χ2v) is 7.58. The Balaban J connectivity index is 2.32. The lowest BCUT2D eigenvalue weighted by atomic mass is 9.97. The maximum absolute atomic E-state index is 5.76. The standard InChI is InChI=1S/C22H27N3O4S/c1-13(2)16-12-17(19(28-5)20(29-6)18(16)27-4)21-23-24-22(30-7)25(21)14-8-10-15(26-3)11-9-14/h8-13H,1-7H3. The predicted molar refractivity (Wildman–Crippen MR) is 119 cm³/mol. The molecule has 0 bridgehead atoms. The molecule has 0 aliphatic heterocycles. The van der Waals surface area contributed by atoms with Crippen LogP contribution in [0.15, 0.2) is 35.5 Å². The van der Waals surface area contributed by atoms with Crippen LogP contribution < -0.4 is 18.9 Å². The Morgan fingerprint density at radius 3 is 1.97 bits per heavy atom. The number of rotatable bonds is 8. The maximum Gasteiger partial charge on any atom is 0.204 e. The Kier molecular flexibility index (Phi) is 6.77. The predicted octanol–water partition coefficient (Wildman–Crippen LogP) is 4.81. The number of thioether (sulfide) groups is 1. The monoisotopic (exact) mass is 429 g/mol.